The van der Waals surface area contributed by atoms with Gasteiger partial charge in [-0.1, -0.05) is 48.5 Å². The van der Waals surface area contributed by atoms with Gasteiger partial charge in [-0.25, -0.2) is 0 Å². The number of rotatable bonds is 0. The van der Waals surface area contributed by atoms with Crippen molar-refractivity contribution in [1.82, 2.24) is 20.4 Å². The highest BCUT2D eigenvalue weighted by Crippen LogP contribution is 2.30. The van der Waals surface area contributed by atoms with Gasteiger partial charge in [0.05, 0.1) is 11.1 Å². The van der Waals surface area contributed by atoms with Crippen LogP contribution < -0.4 is 9.47 Å². The molecule has 0 saturated carbocycles. The number of benzene rings is 3. The fourth-order valence-corrected chi connectivity index (χ4v) is 3.05. The fourth-order valence-electron chi connectivity index (χ4n) is 3.05. The van der Waals surface area contributed by atoms with E-state index >= 15 is 0 Å². The second-order valence-electron chi connectivity index (χ2n) is 6.43. The van der Waals surface area contributed by atoms with Gasteiger partial charge in [0, 0.05) is 0 Å². The molecule has 5 heterocycles. The summed E-state index contributed by atoms with van der Waals surface area (Å²) >= 11 is 0. The number of hydrogen-bond acceptors (Lipinski definition) is 6. The molecular weight excluding hydrogens is 352 g/mol. The number of nitrogens with zero attached hydrogens (tertiary/aromatic N) is 4. The van der Waals surface area contributed by atoms with Crippen molar-refractivity contribution in [3.63, 3.8) is 0 Å². The summed E-state index contributed by atoms with van der Waals surface area (Å²) in [6.07, 6.45) is 0. The van der Waals surface area contributed by atoms with Crippen molar-refractivity contribution in [2.75, 3.05) is 0 Å². The van der Waals surface area contributed by atoms with Crippen LogP contribution in [0, 0.1) is 0 Å². The normalized spacial score (nSPS) is 12.6. The van der Waals surface area contributed by atoms with Crippen LogP contribution in [0.4, 0.5) is 0 Å². The van der Waals surface area contributed by atoms with Crippen molar-refractivity contribution < 1.29 is 9.47 Å². The van der Waals surface area contributed by atoms with Gasteiger partial charge in [0.25, 0.3) is 0 Å². The van der Waals surface area contributed by atoms with Crippen LogP contribution >= 0.6 is 0 Å². The molecule has 28 heavy (non-hydrogen) atoms. The molecule has 0 N–H and O–H groups in total. The van der Waals surface area contributed by atoms with Crippen LogP contribution in [0.5, 0.6) is 11.5 Å². The van der Waals surface area contributed by atoms with Gasteiger partial charge >= 0.3 is 0 Å². The maximum absolute atomic E-state index is 6.01. The first-order valence-electron chi connectivity index (χ1n) is 8.96. The van der Waals surface area contributed by atoms with Crippen LogP contribution in [0.15, 0.2) is 72.8 Å². The van der Waals surface area contributed by atoms with Crippen molar-refractivity contribution in [3.05, 3.63) is 83.9 Å². The molecule has 4 bridgehead atoms. The molecule has 0 atom stereocenters. The summed E-state index contributed by atoms with van der Waals surface area (Å²) in [5.74, 6) is 2.22. The van der Waals surface area contributed by atoms with E-state index in [1.165, 1.54) is 0 Å². The summed E-state index contributed by atoms with van der Waals surface area (Å²) in [4.78, 5) is 0. The summed E-state index contributed by atoms with van der Waals surface area (Å²) < 4.78 is 12.0. The lowest BCUT2D eigenvalue weighted by molar-refractivity contribution is 0.303. The molecule has 4 aliphatic heterocycles. The van der Waals surface area contributed by atoms with Crippen molar-refractivity contribution in [2.45, 2.75) is 13.2 Å². The van der Waals surface area contributed by atoms with Gasteiger partial charge in [-0.3, -0.25) is 0 Å². The van der Waals surface area contributed by atoms with E-state index in [0.717, 1.165) is 22.3 Å². The van der Waals surface area contributed by atoms with E-state index in [-0.39, 0.29) is 0 Å². The summed E-state index contributed by atoms with van der Waals surface area (Å²) in [7, 11) is 0. The average Bonchev–Trinajstić information content (AvgIpc) is 2.77. The number of aromatic nitrogens is 4. The third kappa shape index (κ3) is 3.16. The highest BCUT2D eigenvalue weighted by Gasteiger charge is 2.14. The molecule has 6 heteroatoms. The second-order valence-corrected chi connectivity index (χ2v) is 6.43. The summed E-state index contributed by atoms with van der Waals surface area (Å²) in [6, 6.07) is 23.4. The van der Waals surface area contributed by atoms with Gasteiger partial charge in [0.2, 0.25) is 11.6 Å². The molecule has 6 nitrogen and oxygen atoms in total. The highest BCUT2D eigenvalue weighted by molar-refractivity contribution is 5.65. The van der Waals surface area contributed by atoms with Crippen molar-refractivity contribution >= 4 is 0 Å². The van der Waals surface area contributed by atoms with Gasteiger partial charge < -0.3 is 9.47 Å². The molecule has 0 unspecified atom stereocenters. The van der Waals surface area contributed by atoms with Crippen LogP contribution in [0.3, 0.4) is 0 Å². The Labute approximate surface area is 161 Å². The lowest BCUT2D eigenvalue weighted by atomic mass is 10.1. The predicted molar refractivity (Wildman–Crippen MR) is 104 cm³/mol. The van der Waals surface area contributed by atoms with Crippen LogP contribution in [0.1, 0.15) is 11.1 Å². The maximum atomic E-state index is 6.01. The fraction of sp³-hybridized carbons (Fsp3) is 0.0909. The summed E-state index contributed by atoms with van der Waals surface area (Å²) in [5.41, 5.74) is 3.64. The Morgan fingerprint density at radius 1 is 0.500 bits per heavy atom. The molecule has 0 fully saturated rings. The molecule has 4 aliphatic rings. The molecule has 0 radical (unpaired) electrons. The molecule has 1 aromatic heterocycles. The minimum atomic E-state index is 0.417. The van der Waals surface area contributed by atoms with Gasteiger partial charge in [-0.05, 0) is 35.4 Å². The number of hydrogen-bond donors (Lipinski definition) is 0. The second kappa shape index (κ2) is 7.08. The molecule has 8 rings (SSSR count). The topological polar surface area (TPSA) is 70.0 Å². The quantitative estimate of drug-likeness (QED) is 0.466. The Kier molecular flexibility index (Phi) is 4.14. The lowest BCUT2D eigenvalue weighted by Crippen LogP contribution is -2.04. The SMILES string of the molecule is c1ccc2c(c1)OCc1ccc(cc1)COc1ccccc1-c1nnc-2nn1. The smallest absolute Gasteiger partial charge is 0.207 e. The van der Waals surface area contributed by atoms with Gasteiger partial charge in [0.15, 0.2) is 0 Å². The molecular formula is C22H16N4O2. The standard InChI is InChI=1S/C22H16N4O2/c1-3-7-19-17(5-1)21-23-25-22(26-24-21)18-6-2-4-8-20(18)28-14-16-11-9-15(10-12-16)13-27-19/h1-12H,13-14H2. The molecule has 0 aliphatic carbocycles. The van der Waals surface area contributed by atoms with E-state index < -0.39 is 0 Å². The van der Waals surface area contributed by atoms with Crippen molar-refractivity contribution in [2.24, 2.45) is 0 Å². The molecule has 0 amide bonds. The van der Waals surface area contributed by atoms with Crippen LogP contribution in [-0.2, 0) is 13.2 Å². The molecule has 3 aromatic carbocycles. The number of para-hydroxylation sites is 2. The minimum Gasteiger partial charge on any atom is -0.488 e. The van der Waals surface area contributed by atoms with Gasteiger partial charge in [-0.15, -0.1) is 20.4 Å². The molecule has 4 aromatic rings. The maximum Gasteiger partial charge on any atom is 0.207 e. The van der Waals surface area contributed by atoms with Gasteiger partial charge in [0.1, 0.15) is 24.7 Å². The molecule has 0 spiro atoms. The van der Waals surface area contributed by atoms with Crippen LogP contribution in [-0.4, -0.2) is 20.4 Å². The van der Waals surface area contributed by atoms with E-state index in [1.807, 2.05) is 72.8 Å². The monoisotopic (exact) mass is 368 g/mol. The van der Waals surface area contributed by atoms with E-state index in [2.05, 4.69) is 20.4 Å². The van der Waals surface area contributed by atoms with E-state index in [9.17, 15) is 0 Å². The Bertz CT molecular complexity index is 1020. The minimum absolute atomic E-state index is 0.417. The zero-order valence-electron chi connectivity index (χ0n) is 14.9. The predicted octanol–water partition coefficient (Wildman–Crippen LogP) is 4.07. The lowest BCUT2D eigenvalue weighted by Gasteiger charge is -2.13. The Hall–Kier alpha value is -3.80. The first kappa shape index (κ1) is 16.4. The highest BCUT2D eigenvalue weighted by atomic mass is 16.5. The van der Waals surface area contributed by atoms with Crippen LogP contribution in [0.2, 0.25) is 0 Å². The Morgan fingerprint density at radius 3 is 1.32 bits per heavy atom. The van der Waals surface area contributed by atoms with Gasteiger partial charge in [-0.2, -0.15) is 0 Å². The first-order chi connectivity index (χ1) is 13.9. The molecule has 136 valence electrons. The number of ether oxygens (including phenoxy) is 2. The van der Waals surface area contributed by atoms with E-state index in [4.69, 9.17) is 9.47 Å². The molecule has 0 saturated heterocycles. The van der Waals surface area contributed by atoms with Crippen LogP contribution in [0.25, 0.3) is 22.8 Å². The Morgan fingerprint density at radius 2 is 0.893 bits per heavy atom. The van der Waals surface area contributed by atoms with E-state index in [1.54, 1.807) is 0 Å². The third-order valence-electron chi connectivity index (χ3n) is 4.55. The third-order valence-corrected chi connectivity index (χ3v) is 4.55. The van der Waals surface area contributed by atoms with Crippen molar-refractivity contribution in [3.8, 4) is 34.3 Å². The summed E-state index contributed by atoms with van der Waals surface area (Å²) in [6.45, 7) is 0.889. The average molecular weight is 368 g/mol. The summed E-state index contributed by atoms with van der Waals surface area (Å²) in [5, 5.41) is 17.1. The van der Waals surface area contributed by atoms with Crippen molar-refractivity contribution in [1.29, 1.82) is 0 Å². The zero-order chi connectivity index (χ0) is 18.8. The zero-order valence-corrected chi connectivity index (χ0v) is 14.9. The first-order valence-corrected chi connectivity index (χ1v) is 8.96. The Balaban J connectivity index is 1.64. The largest absolute Gasteiger partial charge is 0.488 e. The van der Waals surface area contributed by atoms with E-state index in [0.29, 0.717) is 36.4 Å².